The second-order valence-corrected chi connectivity index (χ2v) is 11.0. The van der Waals surface area contributed by atoms with E-state index in [0.717, 1.165) is 5.69 Å². The summed E-state index contributed by atoms with van der Waals surface area (Å²) in [4.78, 5) is 37.1. The fraction of sp³-hybridized carbons (Fsp3) is 0.400. The highest BCUT2D eigenvalue weighted by atomic mass is 32.2. The maximum absolute atomic E-state index is 13.1. The van der Waals surface area contributed by atoms with Crippen LogP contribution >= 0.6 is 0 Å². The molecule has 3 aromatic rings. The fourth-order valence-electron chi connectivity index (χ4n) is 4.58. The first-order valence-electron chi connectivity index (χ1n) is 11.7. The lowest BCUT2D eigenvalue weighted by Gasteiger charge is -2.36. The molecule has 0 radical (unpaired) electrons. The highest BCUT2D eigenvalue weighted by Crippen LogP contribution is 2.28. The van der Waals surface area contributed by atoms with Crippen LogP contribution in [-0.4, -0.2) is 67.0 Å². The van der Waals surface area contributed by atoms with Crippen LogP contribution in [0.4, 0.5) is 5.69 Å². The molecule has 11 nitrogen and oxygen atoms in total. The zero-order valence-electron chi connectivity index (χ0n) is 21.2. The van der Waals surface area contributed by atoms with E-state index in [1.165, 1.54) is 12.0 Å². The van der Waals surface area contributed by atoms with Crippen molar-refractivity contribution in [2.24, 2.45) is 0 Å². The predicted molar refractivity (Wildman–Crippen MR) is 134 cm³/mol. The number of carbonyl (C=O) groups excluding carboxylic acids is 2. The van der Waals surface area contributed by atoms with Crippen LogP contribution in [-0.2, 0) is 31.6 Å². The van der Waals surface area contributed by atoms with Crippen LogP contribution in [0.5, 0.6) is 5.75 Å². The first-order chi connectivity index (χ1) is 17.6. The van der Waals surface area contributed by atoms with Crippen molar-refractivity contribution in [2.45, 2.75) is 49.8 Å². The van der Waals surface area contributed by atoms with Gasteiger partial charge in [-0.3, -0.25) is 14.6 Å². The van der Waals surface area contributed by atoms with Gasteiger partial charge in [0.2, 0.25) is 17.7 Å². The molecule has 37 heavy (non-hydrogen) atoms. The number of pyridine rings is 1. The number of piperidine rings is 1. The van der Waals surface area contributed by atoms with Crippen molar-refractivity contribution in [1.29, 1.82) is 0 Å². The van der Waals surface area contributed by atoms with Crippen LogP contribution in [0.2, 0.25) is 0 Å². The third kappa shape index (κ3) is 5.79. The Bertz CT molecular complexity index is 1380. The number of nitrogens with zero attached hydrogens (tertiary/aromatic N) is 5. The fourth-order valence-corrected chi connectivity index (χ4v) is 6.28. The monoisotopic (exact) mass is 527 g/mol. The minimum absolute atomic E-state index is 0.0192. The molecule has 0 aliphatic carbocycles. The molecule has 0 saturated carbocycles. The van der Waals surface area contributed by atoms with Gasteiger partial charge >= 0.3 is 0 Å². The molecule has 0 bridgehead atoms. The summed E-state index contributed by atoms with van der Waals surface area (Å²) in [6.07, 6.45) is 3.88. The lowest BCUT2D eigenvalue weighted by Crippen LogP contribution is -2.48. The summed E-state index contributed by atoms with van der Waals surface area (Å²) in [5.74, 6) is -0.266. The van der Waals surface area contributed by atoms with E-state index in [1.807, 2.05) is 0 Å². The number of rotatable bonds is 8. The van der Waals surface area contributed by atoms with Gasteiger partial charge < -0.3 is 19.1 Å². The number of methoxy groups -OCH3 is 1. The lowest BCUT2D eigenvalue weighted by molar-refractivity contribution is -0.133. The highest BCUT2D eigenvalue weighted by molar-refractivity contribution is 7.90. The maximum Gasteiger partial charge on any atom is 0.236 e. The summed E-state index contributed by atoms with van der Waals surface area (Å²) in [7, 11) is -0.607. The third-order valence-corrected chi connectivity index (χ3v) is 8.33. The van der Waals surface area contributed by atoms with E-state index < -0.39 is 15.6 Å². The molecular weight excluding hydrogens is 498 g/mol. The molecule has 1 fully saturated rings. The van der Waals surface area contributed by atoms with E-state index in [-0.39, 0.29) is 47.3 Å². The van der Waals surface area contributed by atoms with E-state index in [0.29, 0.717) is 29.8 Å². The van der Waals surface area contributed by atoms with Crippen LogP contribution in [0.25, 0.3) is 0 Å². The van der Waals surface area contributed by atoms with Crippen molar-refractivity contribution in [3.63, 3.8) is 0 Å². The van der Waals surface area contributed by atoms with Gasteiger partial charge in [-0.25, -0.2) is 8.42 Å². The quantitative estimate of drug-likeness (QED) is 0.432. The predicted octanol–water partition coefficient (Wildman–Crippen LogP) is 2.26. The zero-order chi connectivity index (χ0) is 26.7. The van der Waals surface area contributed by atoms with Crippen molar-refractivity contribution in [1.82, 2.24) is 20.0 Å². The Morgan fingerprint density at radius 3 is 2.51 bits per heavy atom. The largest absolute Gasteiger partial charge is 0.497 e. The van der Waals surface area contributed by atoms with Crippen molar-refractivity contribution < 1.29 is 27.3 Å². The number of anilines is 1. The molecule has 1 saturated heterocycles. The summed E-state index contributed by atoms with van der Waals surface area (Å²) in [5, 5.41) is 3.77. The molecule has 0 spiro atoms. The molecular formula is C25H29N5O6S. The Morgan fingerprint density at radius 1 is 1.22 bits per heavy atom. The Labute approximate surface area is 215 Å². The van der Waals surface area contributed by atoms with Crippen LogP contribution in [0.15, 0.2) is 46.1 Å². The number of aryl methyl sites for hydroxylation is 2. The number of amides is 2. The third-order valence-electron chi connectivity index (χ3n) is 6.43. The Kier molecular flexibility index (Phi) is 7.58. The molecule has 1 atom stereocenters. The van der Waals surface area contributed by atoms with Crippen LogP contribution in [0, 0.1) is 13.8 Å². The second-order valence-electron chi connectivity index (χ2n) is 9.03. The van der Waals surface area contributed by atoms with Crippen LogP contribution in [0.1, 0.15) is 35.7 Å². The molecule has 1 aromatic carbocycles. The molecule has 12 heteroatoms. The molecule has 1 unspecified atom stereocenters. The van der Waals surface area contributed by atoms with Gasteiger partial charge in [0, 0.05) is 44.1 Å². The van der Waals surface area contributed by atoms with E-state index in [2.05, 4.69) is 15.1 Å². The maximum atomic E-state index is 13.1. The van der Waals surface area contributed by atoms with Crippen molar-refractivity contribution in [3.05, 3.63) is 59.5 Å². The van der Waals surface area contributed by atoms with Gasteiger partial charge in [0.25, 0.3) is 0 Å². The second kappa shape index (κ2) is 10.7. The minimum atomic E-state index is -3.76. The average Bonchev–Trinajstić information content (AvgIpc) is 3.28. The van der Waals surface area contributed by atoms with E-state index in [1.54, 1.807) is 62.5 Å². The molecule has 1 aliphatic heterocycles. The topological polar surface area (TPSA) is 136 Å². The number of hydrogen-bond donors (Lipinski definition) is 0. The molecule has 2 amide bonds. The molecule has 196 valence electrons. The van der Waals surface area contributed by atoms with Crippen molar-refractivity contribution in [2.75, 3.05) is 25.6 Å². The summed E-state index contributed by atoms with van der Waals surface area (Å²) in [6.45, 7) is 3.88. The molecule has 4 rings (SSSR count). The standard InChI is InChI=1S/C25H29N5O6S/c1-16-11-20(35-4)12-17(2)25(16)37(33,34)15-21-27-22(36-28-21)14-23(31)29(3)19-7-10-30(24(32)13-19)18-5-8-26-9-6-18/h5-6,8-9,11-12,19H,7,10,13-15H2,1-4H3. The van der Waals surface area contributed by atoms with Gasteiger partial charge in [0.1, 0.15) is 17.9 Å². The van der Waals surface area contributed by atoms with E-state index in [4.69, 9.17) is 9.26 Å². The van der Waals surface area contributed by atoms with Gasteiger partial charge in [0.05, 0.1) is 12.0 Å². The van der Waals surface area contributed by atoms with Gasteiger partial charge in [-0.1, -0.05) is 5.16 Å². The first kappa shape index (κ1) is 26.3. The minimum Gasteiger partial charge on any atom is -0.497 e. The number of sulfone groups is 1. The summed E-state index contributed by atoms with van der Waals surface area (Å²) in [6, 6.07) is 6.60. The smallest absolute Gasteiger partial charge is 0.236 e. The molecule has 1 aliphatic rings. The van der Waals surface area contributed by atoms with E-state index >= 15 is 0 Å². The highest BCUT2D eigenvalue weighted by Gasteiger charge is 2.32. The normalized spacial score (nSPS) is 16.1. The van der Waals surface area contributed by atoms with Crippen LogP contribution in [0.3, 0.4) is 0 Å². The molecule has 2 aromatic heterocycles. The summed E-state index contributed by atoms with van der Waals surface area (Å²) >= 11 is 0. The SMILES string of the molecule is COc1cc(C)c(S(=O)(=O)Cc2noc(CC(=O)N(C)C3CCN(c4ccncc4)C(=O)C3)n2)c(C)c1. The summed E-state index contributed by atoms with van der Waals surface area (Å²) < 4.78 is 36.5. The average molecular weight is 528 g/mol. The van der Waals surface area contributed by atoms with Gasteiger partial charge in [-0.2, -0.15) is 4.98 Å². The van der Waals surface area contributed by atoms with E-state index in [9.17, 15) is 18.0 Å². The zero-order valence-corrected chi connectivity index (χ0v) is 22.0. The number of aromatic nitrogens is 3. The Balaban J connectivity index is 1.38. The summed E-state index contributed by atoms with van der Waals surface area (Å²) in [5.41, 5.74) is 1.89. The molecule has 0 N–H and O–H groups in total. The lowest BCUT2D eigenvalue weighted by atomic mass is 10.0. The van der Waals surface area contributed by atoms with Crippen LogP contribution < -0.4 is 9.64 Å². The Morgan fingerprint density at radius 2 is 1.89 bits per heavy atom. The van der Waals surface area contributed by atoms with Crippen molar-refractivity contribution in [3.8, 4) is 5.75 Å². The Hall–Kier alpha value is -3.80. The molecule has 3 heterocycles. The van der Waals surface area contributed by atoms with Gasteiger partial charge in [-0.15, -0.1) is 0 Å². The first-order valence-corrected chi connectivity index (χ1v) is 13.4. The number of carbonyl (C=O) groups is 2. The number of benzene rings is 1. The number of likely N-dealkylation sites (N-methyl/N-ethyl adjacent to an activating group) is 1. The van der Waals surface area contributed by atoms with Gasteiger partial charge in [0.15, 0.2) is 15.7 Å². The number of hydrogen-bond acceptors (Lipinski definition) is 9. The van der Waals surface area contributed by atoms with Gasteiger partial charge in [-0.05, 0) is 55.7 Å². The number of ether oxygens (including phenoxy) is 1. The van der Waals surface area contributed by atoms with Crippen molar-refractivity contribution >= 4 is 27.3 Å².